The van der Waals surface area contributed by atoms with Gasteiger partial charge < -0.3 is 9.64 Å². The predicted octanol–water partition coefficient (Wildman–Crippen LogP) is 1.22. The van der Waals surface area contributed by atoms with Crippen molar-refractivity contribution in [1.29, 1.82) is 0 Å². The predicted molar refractivity (Wildman–Crippen MR) is 77.6 cm³/mol. The van der Waals surface area contributed by atoms with Crippen LogP contribution in [0.15, 0.2) is 18.2 Å². The summed E-state index contributed by atoms with van der Waals surface area (Å²) >= 11 is 0. The van der Waals surface area contributed by atoms with Gasteiger partial charge in [0, 0.05) is 19.2 Å². The average Bonchev–Trinajstić information content (AvgIpc) is 2.46. The third kappa shape index (κ3) is 5.23. The van der Waals surface area contributed by atoms with Gasteiger partial charge >= 0.3 is 6.61 Å². The highest BCUT2D eigenvalue weighted by atomic mass is 32.2. The van der Waals surface area contributed by atoms with Gasteiger partial charge in [-0.25, -0.2) is 13.1 Å². The van der Waals surface area contributed by atoms with E-state index in [4.69, 9.17) is 0 Å². The van der Waals surface area contributed by atoms with Gasteiger partial charge in [-0.2, -0.15) is 8.78 Å². The molecule has 0 saturated heterocycles. The first kappa shape index (κ1) is 18.3. The number of sulfonamides is 1. The first-order valence-electron chi connectivity index (χ1n) is 6.38. The second kappa shape index (κ2) is 7.50. The van der Waals surface area contributed by atoms with E-state index in [9.17, 15) is 22.0 Å². The molecule has 124 valence electrons. The summed E-state index contributed by atoms with van der Waals surface area (Å²) in [6.07, 6.45) is 0. The van der Waals surface area contributed by atoms with Gasteiger partial charge in [-0.05, 0) is 31.7 Å². The van der Waals surface area contributed by atoms with Crippen molar-refractivity contribution in [2.45, 2.75) is 13.5 Å². The van der Waals surface area contributed by atoms with Crippen LogP contribution in [-0.4, -0.2) is 52.2 Å². The number of amides is 1. The smallest absolute Gasteiger partial charge is 0.387 e. The highest BCUT2D eigenvalue weighted by Crippen LogP contribution is 2.22. The average molecular weight is 336 g/mol. The molecule has 0 aromatic heterocycles. The fraction of sp³-hybridized carbons (Fsp3) is 0.462. The summed E-state index contributed by atoms with van der Waals surface area (Å²) in [5.74, 6) is -0.819. The van der Waals surface area contributed by atoms with Crippen molar-refractivity contribution in [3.05, 3.63) is 29.3 Å². The first-order valence-corrected chi connectivity index (χ1v) is 8.03. The molecular weight excluding hydrogens is 318 g/mol. The molecule has 0 radical (unpaired) electrons. The largest absolute Gasteiger partial charge is 0.435 e. The number of nitrogens with zero attached hydrogens (tertiary/aromatic N) is 1. The molecule has 0 saturated carbocycles. The summed E-state index contributed by atoms with van der Waals surface area (Å²) in [6.45, 7) is -1.43. The van der Waals surface area contributed by atoms with Gasteiger partial charge in [0.1, 0.15) is 5.75 Å². The number of ether oxygens (including phenoxy) is 1. The minimum atomic E-state index is -3.43. The molecule has 1 aromatic rings. The van der Waals surface area contributed by atoms with Crippen LogP contribution in [0, 0.1) is 6.92 Å². The molecule has 0 fully saturated rings. The maximum Gasteiger partial charge on any atom is 0.387 e. The van der Waals surface area contributed by atoms with Gasteiger partial charge in [-0.1, -0.05) is 6.07 Å². The lowest BCUT2D eigenvalue weighted by Gasteiger charge is -2.18. The first-order chi connectivity index (χ1) is 10.2. The topological polar surface area (TPSA) is 75.7 Å². The fourth-order valence-electron chi connectivity index (χ4n) is 1.64. The molecule has 0 heterocycles. The molecule has 0 aliphatic carbocycles. The Balaban J connectivity index is 2.84. The number of aryl methyl sites for hydroxylation is 1. The Morgan fingerprint density at radius 3 is 2.59 bits per heavy atom. The van der Waals surface area contributed by atoms with Gasteiger partial charge in [-0.15, -0.1) is 0 Å². The van der Waals surface area contributed by atoms with Crippen LogP contribution in [0.4, 0.5) is 8.78 Å². The zero-order valence-electron chi connectivity index (χ0n) is 12.5. The summed E-state index contributed by atoms with van der Waals surface area (Å²) in [4.78, 5) is 13.4. The highest BCUT2D eigenvalue weighted by molar-refractivity contribution is 7.89. The normalized spacial score (nSPS) is 11.5. The molecular formula is C13H18F2N2O4S. The van der Waals surface area contributed by atoms with Crippen molar-refractivity contribution >= 4 is 15.9 Å². The van der Waals surface area contributed by atoms with Crippen molar-refractivity contribution in [3.63, 3.8) is 0 Å². The lowest BCUT2D eigenvalue weighted by Crippen LogP contribution is -2.34. The van der Waals surface area contributed by atoms with Crippen LogP contribution in [0.1, 0.15) is 15.9 Å². The molecule has 1 aromatic carbocycles. The van der Waals surface area contributed by atoms with Crippen molar-refractivity contribution < 1.29 is 26.7 Å². The number of rotatable bonds is 7. The van der Waals surface area contributed by atoms with E-state index in [-0.39, 0.29) is 23.6 Å². The van der Waals surface area contributed by atoms with Gasteiger partial charge in [0.05, 0.1) is 5.75 Å². The summed E-state index contributed by atoms with van der Waals surface area (Å²) in [5, 5.41) is 0. The molecule has 0 aliphatic rings. The molecule has 0 aliphatic heterocycles. The summed E-state index contributed by atoms with van der Waals surface area (Å²) in [5.41, 5.74) is 0.614. The van der Waals surface area contributed by atoms with Crippen LogP contribution in [0.25, 0.3) is 0 Å². The van der Waals surface area contributed by atoms with E-state index >= 15 is 0 Å². The molecule has 0 unspecified atom stereocenters. The molecule has 0 atom stereocenters. The molecule has 1 N–H and O–H groups in total. The van der Waals surface area contributed by atoms with Crippen LogP contribution < -0.4 is 9.46 Å². The molecule has 9 heteroatoms. The molecule has 0 bridgehead atoms. The number of benzene rings is 1. The van der Waals surface area contributed by atoms with E-state index in [1.165, 1.54) is 37.2 Å². The number of halogens is 2. The van der Waals surface area contributed by atoms with Crippen molar-refractivity contribution in [3.8, 4) is 5.75 Å². The Morgan fingerprint density at radius 2 is 2.05 bits per heavy atom. The van der Waals surface area contributed by atoms with Crippen LogP contribution in [-0.2, 0) is 10.0 Å². The Labute approximate surface area is 128 Å². The Kier molecular flexibility index (Phi) is 6.24. The van der Waals surface area contributed by atoms with Gasteiger partial charge in [-0.3, -0.25) is 4.79 Å². The molecule has 1 amide bonds. The van der Waals surface area contributed by atoms with Crippen molar-refractivity contribution in [1.82, 2.24) is 9.62 Å². The Bertz CT molecular complexity index is 635. The third-order valence-electron chi connectivity index (χ3n) is 3.00. The second-order valence-electron chi connectivity index (χ2n) is 4.61. The van der Waals surface area contributed by atoms with Crippen LogP contribution in [0.5, 0.6) is 5.75 Å². The Morgan fingerprint density at radius 1 is 1.41 bits per heavy atom. The van der Waals surface area contributed by atoms with Crippen molar-refractivity contribution in [2.24, 2.45) is 0 Å². The summed E-state index contributed by atoms with van der Waals surface area (Å²) in [7, 11) is -0.714. The SMILES string of the molecule is CNS(=O)(=O)CCN(C)C(=O)c1ccc(C)c(OC(F)F)c1. The molecule has 22 heavy (non-hydrogen) atoms. The third-order valence-corrected chi connectivity index (χ3v) is 4.35. The van der Waals surface area contributed by atoms with Gasteiger partial charge in [0.15, 0.2) is 0 Å². The zero-order valence-corrected chi connectivity index (χ0v) is 13.3. The van der Waals surface area contributed by atoms with E-state index in [1.54, 1.807) is 6.92 Å². The quantitative estimate of drug-likeness (QED) is 0.812. The van der Waals surface area contributed by atoms with E-state index in [1.807, 2.05) is 0 Å². The van der Waals surface area contributed by atoms with Crippen molar-refractivity contribution in [2.75, 3.05) is 26.4 Å². The number of carbonyl (C=O) groups is 1. The lowest BCUT2D eigenvalue weighted by molar-refractivity contribution is -0.0503. The standard InChI is InChI=1S/C13H18F2N2O4S/c1-9-4-5-10(8-11(9)21-13(14)15)12(18)17(3)6-7-22(19,20)16-2/h4-5,8,13,16H,6-7H2,1-3H3. The van der Waals surface area contributed by atoms with E-state index < -0.39 is 22.5 Å². The highest BCUT2D eigenvalue weighted by Gasteiger charge is 2.17. The van der Waals surface area contributed by atoms with E-state index in [0.29, 0.717) is 5.56 Å². The lowest BCUT2D eigenvalue weighted by atomic mass is 10.1. The minimum Gasteiger partial charge on any atom is -0.435 e. The Hall–Kier alpha value is -1.74. The molecule has 6 nitrogen and oxygen atoms in total. The maximum absolute atomic E-state index is 12.3. The van der Waals surface area contributed by atoms with E-state index in [0.717, 1.165) is 0 Å². The summed E-state index contributed by atoms with van der Waals surface area (Å²) in [6, 6.07) is 4.18. The maximum atomic E-state index is 12.3. The summed E-state index contributed by atoms with van der Waals surface area (Å²) < 4.78 is 53.7. The number of nitrogens with one attached hydrogen (secondary N) is 1. The number of alkyl halides is 2. The minimum absolute atomic E-state index is 0.0269. The van der Waals surface area contributed by atoms with Crippen LogP contribution >= 0.6 is 0 Å². The zero-order chi connectivity index (χ0) is 16.9. The molecule has 0 spiro atoms. The fourth-order valence-corrected chi connectivity index (χ4v) is 2.36. The van der Waals surface area contributed by atoms with Crippen LogP contribution in [0.2, 0.25) is 0 Å². The van der Waals surface area contributed by atoms with Crippen LogP contribution in [0.3, 0.4) is 0 Å². The second-order valence-corrected chi connectivity index (χ2v) is 6.65. The van der Waals surface area contributed by atoms with Gasteiger partial charge in [0.25, 0.3) is 5.91 Å². The van der Waals surface area contributed by atoms with E-state index in [2.05, 4.69) is 9.46 Å². The monoisotopic (exact) mass is 336 g/mol. The number of hydrogen-bond acceptors (Lipinski definition) is 4. The number of carbonyl (C=O) groups excluding carboxylic acids is 1. The number of hydrogen-bond donors (Lipinski definition) is 1. The van der Waals surface area contributed by atoms with Gasteiger partial charge in [0.2, 0.25) is 10.0 Å². The molecule has 1 rings (SSSR count).